The molecule has 2 aliphatic heterocycles. The van der Waals surface area contributed by atoms with Crippen molar-refractivity contribution in [2.45, 2.75) is 32.0 Å². The van der Waals surface area contributed by atoms with Crippen LogP contribution in [0.1, 0.15) is 24.2 Å². The van der Waals surface area contributed by atoms with Crippen molar-refractivity contribution in [3.63, 3.8) is 0 Å². The van der Waals surface area contributed by atoms with Gasteiger partial charge in [-0.1, -0.05) is 41.7 Å². The third kappa shape index (κ3) is 4.64. The summed E-state index contributed by atoms with van der Waals surface area (Å²) in [5, 5.41) is 3.74. The quantitative estimate of drug-likeness (QED) is 0.586. The van der Waals surface area contributed by atoms with Gasteiger partial charge in [-0.25, -0.2) is 9.97 Å². The van der Waals surface area contributed by atoms with Gasteiger partial charge >= 0.3 is 0 Å². The number of ether oxygens (including phenoxy) is 1. The molecule has 0 radical (unpaired) electrons. The summed E-state index contributed by atoms with van der Waals surface area (Å²) >= 11 is 1.40. The van der Waals surface area contributed by atoms with E-state index < -0.39 is 0 Å². The lowest BCUT2D eigenvalue weighted by molar-refractivity contribution is -0.122. The van der Waals surface area contributed by atoms with Gasteiger partial charge in [-0.2, -0.15) is 0 Å². The molecular formula is C23H28N6O3S. The highest BCUT2D eigenvalue weighted by Crippen LogP contribution is 2.31. The van der Waals surface area contributed by atoms with Gasteiger partial charge in [-0.05, 0) is 18.4 Å². The van der Waals surface area contributed by atoms with Crippen LogP contribution in [0.5, 0.6) is 0 Å². The fourth-order valence-corrected chi connectivity index (χ4v) is 5.41. The molecule has 1 atom stereocenters. The Morgan fingerprint density at radius 1 is 1.18 bits per heavy atom. The number of amides is 1. The highest BCUT2D eigenvalue weighted by atomic mass is 32.1. The van der Waals surface area contributed by atoms with E-state index in [2.05, 4.69) is 15.2 Å². The molecule has 33 heavy (non-hydrogen) atoms. The van der Waals surface area contributed by atoms with E-state index in [4.69, 9.17) is 9.72 Å². The molecule has 174 valence electrons. The van der Waals surface area contributed by atoms with Crippen molar-refractivity contribution in [3.8, 4) is 0 Å². The average molecular weight is 469 g/mol. The van der Waals surface area contributed by atoms with Crippen LogP contribution in [0.2, 0.25) is 0 Å². The molecule has 2 aromatic heterocycles. The normalized spacial score (nSPS) is 19.3. The SMILES string of the molecule is Cn1c(CN2CCOCC2)nc2sc(N3CCCC3C(=O)NCc3ccccc3)nc2c1=O. The number of carbonyl (C=O) groups excluding carboxylic acids is 1. The fourth-order valence-electron chi connectivity index (χ4n) is 4.38. The standard InChI is InChI=1S/C23H28N6O3S/c1-27-18(15-28-10-12-32-13-11-28)25-21-19(22(27)31)26-23(33-21)29-9-5-8-17(29)20(30)24-14-16-6-3-2-4-7-16/h2-4,6-7,17H,5,8-15H2,1H3,(H,24,30). The summed E-state index contributed by atoms with van der Waals surface area (Å²) < 4.78 is 7.01. The molecule has 0 bridgehead atoms. The van der Waals surface area contributed by atoms with Gasteiger partial charge in [0.05, 0.1) is 19.8 Å². The molecule has 4 heterocycles. The molecular weight excluding hydrogens is 440 g/mol. The van der Waals surface area contributed by atoms with Gasteiger partial charge < -0.3 is 15.0 Å². The minimum Gasteiger partial charge on any atom is -0.379 e. The second-order valence-corrected chi connectivity index (χ2v) is 9.44. The van der Waals surface area contributed by atoms with Crippen LogP contribution in [0.25, 0.3) is 10.3 Å². The maximum absolute atomic E-state index is 13.0. The number of morpholine rings is 1. The lowest BCUT2D eigenvalue weighted by atomic mass is 10.2. The maximum atomic E-state index is 13.0. The topological polar surface area (TPSA) is 92.6 Å². The van der Waals surface area contributed by atoms with Crippen LogP contribution in [-0.2, 0) is 29.7 Å². The zero-order valence-corrected chi connectivity index (χ0v) is 19.5. The van der Waals surface area contributed by atoms with E-state index in [1.54, 1.807) is 11.6 Å². The molecule has 2 saturated heterocycles. The molecule has 0 spiro atoms. The maximum Gasteiger partial charge on any atom is 0.280 e. The number of nitrogens with one attached hydrogen (secondary N) is 1. The van der Waals surface area contributed by atoms with Crippen molar-refractivity contribution in [1.82, 2.24) is 24.8 Å². The van der Waals surface area contributed by atoms with E-state index in [1.165, 1.54) is 11.3 Å². The van der Waals surface area contributed by atoms with Gasteiger partial charge in [-0.15, -0.1) is 0 Å². The van der Waals surface area contributed by atoms with Gasteiger partial charge in [0.25, 0.3) is 5.56 Å². The van der Waals surface area contributed by atoms with Crippen molar-refractivity contribution < 1.29 is 9.53 Å². The molecule has 9 nitrogen and oxygen atoms in total. The Morgan fingerprint density at radius 3 is 2.76 bits per heavy atom. The number of aromatic nitrogens is 3. The Labute approximate surface area is 196 Å². The van der Waals surface area contributed by atoms with Gasteiger partial charge in [0, 0.05) is 33.2 Å². The second-order valence-electron chi connectivity index (χ2n) is 8.49. The fraction of sp³-hybridized carbons (Fsp3) is 0.478. The van der Waals surface area contributed by atoms with Crippen LogP contribution < -0.4 is 15.8 Å². The highest BCUT2D eigenvalue weighted by molar-refractivity contribution is 7.21. The predicted molar refractivity (Wildman–Crippen MR) is 127 cm³/mol. The first-order valence-electron chi connectivity index (χ1n) is 11.3. The van der Waals surface area contributed by atoms with E-state index in [9.17, 15) is 9.59 Å². The van der Waals surface area contributed by atoms with Gasteiger partial charge in [0.15, 0.2) is 15.5 Å². The Hall–Kier alpha value is -2.82. The van der Waals surface area contributed by atoms with Crippen LogP contribution in [-0.4, -0.2) is 64.2 Å². The van der Waals surface area contributed by atoms with Gasteiger partial charge in [0.1, 0.15) is 11.9 Å². The molecule has 10 heteroatoms. The van der Waals surface area contributed by atoms with Crippen molar-refractivity contribution in [1.29, 1.82) is 0 Å². The first-order chi connectivity index (χ1) is 16.1. The third-order valence-electron chi connectivity index (χ3n) is 6.30. The lowest BCUT2D eigenvalue weighted by Gasteiger charge is -2.26. The Morgan fingerprint density at radius 2 is 1.97 bits per heavy atom. The zero-order valence-electron chi connectivity index (χ0n) is 18.7. The van der Waals surface area contributed by atoms with Gasteiger partial charge in [-0.3, -0.25) is 19.1 Å². The molecule has 2 fully saturated rings. The minimum absolute atomic E-state index is 0.00974. The number of thiazole rings is 1. The molecule has 1 N–H and O–H groups in total. The smallest absolute Gasteiger partial charge is 0.280 e. The van der Waals surface area contributed by atoms with E-state index in [1.807, 2.05) is 35.2 Å². The number of hydrogen-bond acceptors (Lipinski definition) is 8. The predicted octanol–water partition coefficient (Wildman–Crippen LogP) is 1.51. The van der Waals surface area contributed by atoms with E-state index in [0.717, 1.165) is 43.9 Å². The number of fused-ring (bicyclic) bond motifs is 1. The first kappa shape index (κ1) is 22.0. The summed E-state index contributed by atoms with van der Waals surface area (Å²) in [6, 6.07) is 9.59. The first-order valence-corrected chi connectivity index (χ1v) is 12.2. The van der Waals surface area contributed by atoms with E-state index in [0.29, 0.717) is 41.8 Å². The number of benzene rings is 1. The molecule has 3 aromatic rings. The summed E-state index contributed by atoms with van der Waals surface area (Å²) in [5.41, 5.74) is 1.30. The number of nitrogens with zero attached hydrogens (tertiary/aromatic N) is 5. The third-order valence-corrected chi connectivity index (χ3v) is 7.29. The van der Waals surface area contributed by atoms with Crippen molar-refractivity contribution in [2.24, 2.45) is 7.05 Å². The second kappa shape index (κ2) is 9.58. The molecule has 1 aromatic carbocycles. The summed E-state index contributed by atoms with van der Waals surface area (Å²) in [5.74, 6) is 0.715. The number of anilines is 1. The molecule has 0 aliphatic carbocycles. The summed E-state index contributed by atoms with van der Waals surface area (Å²) in [7, 11) is 1.75. The van der Waals surface area contributed by atoms with Crippen LogP contribution in [0.3, 0.4) is 0 Å². The summed E-state index contributed by atoms with van der Waals surface area (Å²) in [4.78, 5) is 40.3. The van der Waals surface area contributed by atoms with Gasteiger partial charge in [0.2, 0.25) is 5.91 Å². The molecule has 1 unspecified atom stereocenters. The van der Waals surface area contributed by atoms with Crippen molar-refractivity contribution >= 4 is 32.7 Å². The number of hydrogen-bond donors (Lipinski definition) is 1. The monoisotopic (exact) mass is 468 g/mol. The van der Waals surface area contributed by atoms with Crippen LogP contribution in [0.15, 0.2) is 35.1 Å². The largest absolute Gasteiger partial charge is 0.379 e. The average Bonchev–Trinajstić information content (AvgIpc) is 3.49. The molecule has 2 aliphatic rings. The van der Waals surface area contributed by atoms with E-state index in [-0.39, 0.29) is 17.5 Å². The summed E-state index contributed by atoms with van der Waals surface area (Å²) in [6.45, 7) is 4.89. The van der Waals surface area contributed by atoms with Crippen LogP contribution >= 0.6 is 11.3 Å². The molecule has 1 amide bonds. The zero-order chi connectivity index (χ0) is 22.8. The van der Waals surface area contributed by atoms with Crippen LogP contribution in [0, 0.1) is 0 Å². The number of rotatable bonds is 6. The van der Waals surface area contributed by atoms with Crippen molar-refractivity contribution in [2.75, 3.05) is 37.7 Å². The molecule has 0 saturated carbocycles. The van der Waals surface area contributed by atoms with E-state index >= 15 is 0 Å². The Bertz CT molecular complexity index is 1190. The number of carbonyl (C=O) groups is 1. The minimum atomic E-state index is -0.286. The molecule has 5 rings (SSSR count). The summed E-state index contributed by atoms with van der Waals surface area (Å²) in [6.07, 6.45) is 1.68. The lowest BCUT2D eigenvalue weighted by Crippen LogP contribution is -2.43. The van der Waals surface area contributed by atoms with Crippen molar-refractivity contribution in [3.05, 3.63) is 52.1 Å². The van der Waals surface area contributed by atoms with Crippen LogP contribution in [0.4, 0.5) is 5.13 Å². The highest BCUT2D eigenvalue weighted by Gasteiger charge is 2.33. The Kier molecular flexibility index (Phi) is 6.39. The Balaban J connectivity index is 1.35.